The van der Waals surface area contributed by atoms with Gasteiger partial charge in [0, 0.05) is 18.1 Å². The van der Waals surface area contributed by atoms with Crippen LogP contribution in [0.5, 0.6) is 5.75 Å². The van der Waals surface area contributed by atoms with Crippen LogP contribution >= 0.6 is 11.6 Å². The Hall–Kier alpha value is -1.24. The lowest BCUT2D eigenvalue weighted by atomic mass is 9.70. The second kappa shape index (κ2) is 5.60. The first kappa shape index (κ1) is 13.2. The molecule has 1 aliphatic rings. The van der Waals surface area contributed by atoms with Crippen molar-refractivity contribution in [2.24, 2.45) is 5.41 Å². The SMILES string of the molecule is COc1ccc(CNCC2(C#N)CCC2)c(Cl)c1. The largest absolute Gasteiger partial charge is 0.497 e. The third-order valence-electron chi connectivity index (χ3n) is 3.59. The summed E-state index contributed by atoms with van der Waals surface area (Å²) in [4.78, 5) is 0. The van der Waals surface area contributed by atoms with Gasteiger partial charge in [0.15, 0.2) is 0 Å². The van der Waals surface area contributed by atoms with Crippen molar-refractivity contribution in [3.8, 4) is 11.8 Å². The molecule has 96 valence electrons. The minimum atomic E-state index is -0.140. The molecule has 2 rings (SSSR count). The van der Waals surface area contributed by atoms with Crippen molar-refractivity contribution < 1.29 is 4.74 Å². The molecule has 0 atom stereocenters. The third-order valence-corrected chi connectivity index (χ3v) is 3.94. The highest BCUT2D eigenvalue weighted by Crippen LogP contribution is 2.39. The van der Waals surface area contributed by atoms with E-state index in [-0.39, 0.29) is 5.41 Å². The van der Waals surface area contributed by atoms with Crippen LogP contribution in [0, 0.1) is 16.7 Å². The van der Waals surface area contributed by atoms with Crippen LogP contribution in [0.25, 0.3) is 0 Å². The molecule has 1 fully saturated rings. The molecule has 1 aromatic carbocycles. The van der Waals surface area contributed by atoms with Crippen LogP contribution in [0.15, 0.2) is 18.2 Å². The molecule has 1 aliphatic carbocycles. The first-order valence-corrected chi connectivity index (χ1v) is 6.51. The molecule has 0 heterocycles. The van der Waals surface area contributed by atoms with Gasteiger partial charge >= 0.3 is 0 Å². The Kier molecular flexibility index (Phi) is 4.11. The third kappa shape index (κ3) is 2.77. The number of ether oxygens (including phenoxy) is 1. The summed E-state index contributed by atoms with van der Waals surface area (Å²) >= 11 is 6.15. The second-order valence-electron chi connectivity index (χ2n) is 4.81. The van der Waals surface area contributed by atoms with Gasteiger partial charge in [-0.25, -0.2) is 0 Å². The first-order chi connectivity index (χ1) is 8.69. The van der Waals surface area contributed by atoms with Crippen molar-refractivity contribution in [1.29, 1.82) is 5.26 Å². The average Bonchev–Trinajstić information content (AvgIpc) is 2.34. The molecule has 0 radical (unpaired) electrons. The Labute approximate surface area is 113 Å². The predicted molar refractivity (Wildman–Crippen MR) is 71.6 cm³/mol. The van der Waals surface area contributed by atoms with E-state index in [0.29, 0.717) is 11.6 Å². The molecular weight excluding hydrogens is 248 g/mol. The van der Waals surface area contributed by atoms with E-state index in [2.05, 4.69) is 11.4 Å². The van der Waals surface area contributed by atoms with Crippen molar-refractivity contribution in [2.75, 3.05) is 13.7 Å². The number of rotatable bonds is 5. The Morgan fingerprint density at radius 3 is 2.78 bits per heavy atom. The minimum absolute atomic E-state index is 0.140. The summed E-state index contributed by atoms with van der Waals surface area (Å²) in [5, 5.41) is 13.1. The maximum Gasteiger partial charge on any atom is 0.120 e. The number of nitrogens with one attached hydrogen (secondary N) is 1. The van der Waals surface area contributed by atoms with E-state index < -0.39 is 0 Å². The first-order valence-electron chi connectivity index (χ1n) is 6.13. The predicted octanol–water partition coefficient (Wildman–Crippen LogP) is 3.13. The van der Waals surface area contributed by atoms with Crippen LogP contribution in [-0.4, -0.2) is 13.7 Å². The fraction of sp³-hybridized carbons (Fsp3) is 0.500. The topological polar surface area (TPSA) is 45.0 Å². The highest BCUT2D eigenvalue weighted by molar-refractivity contribution is 6.31. The van der Waals surface area contributed by atoms with Gasteiger partial charge in [0.1, 0.15) is 5.75 Å². The highest BCUT2D eigenvalue weighted by atomic mass is 35.5. The Morgan fingerprint density at radius 2 is 2.28 bits per heavy atom. The molecule has 0 unspecified atom stereocenters. The van der Waals surface area contributed by atoms with Crippen LogP contribution in [0.4, 0.5) is 0 Å². The normalized spacial score (nSPS) is 16.7. The smallest absolute Gasteiger partial charge is 0.120 e. The van der Waals surface area contributed by atoms with Gasteiger partial charge in [0.25, 0.3) is 0 Å². The summed E-state index contributed by atoms with van der Waals surface area (Å²) in [6, 6.07) is 8.07. The quantitative estimate of drug-likeness (QED) is 0.889. The van der Waals surface area contributed by atoms with E-state index in [1.165, 1.54) is 6.42 Å². The fourth-order valence-corrected chi connectivity index (χ4v) is 2.40. The molecule has 0 bridgehead atoms. The van der Waals surface area contributed by atoms with Gasteiger partial charge in [-0.2, -0.15) is 5.26 Å². The Bertz CT molecular complexity index is 463. The summed E-state index contributed by atoms with van der Waals surface area (Å²) in [6.07, 6.45) is 3.18. The van der Waals surface area contributed by atoms with Crippen LogP contribution < -0.4 is 10.1 Å². The molecule has 1 saturated carbocycles. The lowest BCUT2D eigenvalue weighted by molar-refractivity contribution is 0.206. The number of methoxy groups -OCH3 is 1. The fourth-order valence-electron chi connectivity index (χ4n) is 2.17. The number of hydrogen-bond donors (Lipinski definition) is 1. The van der Waals surface area contributed by atoms with Gasteiger partial charge < -0.3 is 10.1 Å². The van der Waals surface area contributed by atoms with Gasteiger partial charge in [-0.1, -0.05) is 24.1 Å². The zero-order valence-corrected chi connectivity index (χ0v) is 11.3. The van der Waals surface area contributed by atoms with Crippen molar-refractivity contribution in [3.05, 3.63) is 28.8 Å². The molecule has 1 N–H and O–H groups in total. The molecule has 0 spiro atoms. The molecule has 4 heteroatoms. The van der Waals surface area contributed by atoms with Gasteiger partial charge in [0.2, 0.25) is 0 Å². The van der Waals surface area contributed by atoms with E-state index in [9.17, 15) is 0 Å². The summed E-state index contributed by atoms with van der Waals surface area (Å²) in [5.74, 6) is 0.760. The summed E-state index contributed by atoms with van der Waals surface area (Å²) in [6.45, 7) is 1.43. The highest BCUT2D eigenvalue weighted by Gasteiger charge is 2.36. The monoisotopic (exact) mass is 264 g/mol. The van der Waals surface area contributed by atoms with E-state index >= 15 is 0 Å². The van der Waals surface area contributed by atoms with Gasteiger partial charge in [-0.15, -0.1) is 0 Å². The Morgan fingerprint density at radius 1 is 1.50 bits per heavy atom. The standard InChI is InChI=1S/C14H17ClN2O/c1-18-12-4-3-11(13(15)7-12)8-17-10-14(9-16)5-2-6-14/h3-4,7,17H,2,5-6,8,10H2,1H3. The van der Waals surface area contributed by atoms with Crippen LogP contribution in [-0.2, 0) is 6.54 Å². The van der Waals surface area contributed by atoms with Crippen molar-refractivity contribution >= 4 is 11.6 Å². The molecule has 0 amide bonds. The van der Waals surface area contributed by atoms with E-state index in [1.807, 2.05) is 18.2 Å². The lowest BCUT2D eigenvalue weighted by Gasteiger charge is -2.35. The zero-order valence-electron chi connectivity index (χ0n) is 10.5. The molecule has 0 aromatic heterocycles. The van der Waals surface area contributed by atoms with Gasteiger partial charge in [-0.3, -0.25) is 0 Å². The van der Waals surface area contributed by atoms with Gasteiger partial charge in [0.05, 0.1) is 18.6 Å². The maximum atomic E-state index is 9.12. The molecule has 18 heavy (non-hydrogen) atoms. The van der Waals surface area contributed by atoms with Gasteiger partial charge in [-0.05, 0) is 30.5 Å². The molecule has 0 aliphatic heterocycles. The van der Waals surface area contributed by atoms with Crippen molar-refractivity contribution in [3.63, 3.8) is 0 Å². The molecule has 1 aromatic rings. The second-order valence-corrected chi connectivity index (χ2v) is 5.21. The number of nitrogens with zero attached hydrogens (tertiary/aromatic N) is 1. The zero-order chi connectivity index (χ0) is 13.0. The average molecular weight is 265 g/mol. The van der Waals surface area contributed by atoms with E-state index in [1.54, 1.807) is 7.11 Å². The number of hydrogen-bond acceptors (Lipinski definition) is 3. The van der Waals surface area contributed by atoms with E-state index in [0.717, 1.165) is 30.7 Å². The number of benzene rings is 1. The number of nitriles is 1. The molecule has 3 nitrogen and oxygen atoms in total. The van der Waals surface area contributed by atoms with Crippen molar-refractivity contribution in [1.82, 2.24) is 5.32 Å². The van der Waals surface area contributed by atoms with Crippen LogP contribution in [0.1, 0.15) is 24.8 Å². The lowest BCUT2D eigenvalue weighted by Crippen LogP contribution is -2.38. The summed E-state index contributed by atoms with van der Waals surface area (Å²) in [5.41, 5.74) is 0.892. The molecule has 0 saturated heterocycles. The summed E-state index contributed by atoms with van der Waals surface area (Å²) < 4.78 is 5.10. The van der Waals surface area contributed by atoms with Crippen LogP contribution in [0.2, 0.25) is 5.02 Å². The summed E-state index contributed by atoms with van der Waals surface area (Å²) in [7, 11) is 1.62. The minimum Gasteiger partial charge on any atom is -0.497 e. The van der Waals surface area contributed by atoms with E-state index in [4.69, 9.17) is 21.6 Å². The van der Waals surface area contributed by atoms with Crippen molar-refractivity contribution in [2.45, 2.75) is 25.8 Å². The number of halogens is 1. The molecular formula is C14H17ClN2O. The maximum absolute atomic E-state index is 9.12. The van der Waals surface area contributed by atoms with Crippen LogP contribution in [0.3, 0.4) is 0 Å². The Balaban J connectivity index is 1.89.